The van der Waals surface area contributed by atoms with E-state index in [1.54, 1.807) is 0 Å². The Labute approximate surface area is 85.1 Å². The van der Waals surface area contributed by atoms with Gasteiger partial charge in [-0.25, -0.2) is 10.4 Å². The molecule has 0 radical (unpaired) electrons. The van der Waals surface area contributed by atoms with Crippen molar-refractivity contribution in [2.45, 2.75) is 6.54 Å². The smallest absolute Gasteiger partial charge is 0.0785 e. The van der Waals surface area contributed by atoms with Crippen LogP contribution in [-0.2, 0) is 6.54 Å². The number of hydrogen-bond acceptors (Lipinski definition) is 4. The van der Waals surface area contributed by atoms with Crippen LogP contribution in [0.5, 0.6) is 0 Å². The summed E-state index contributed by atoms with van der Waals surface area (Å²) in [4.78, 5) is 0. The van der Waals surface area contributed by atoms with Crippen molar-refractivity contribution in [2.24, 2.45) is 5.73 Å². The lowest BCUT2D eigenvalue weighted by Gasteiger charge is -2.13. The minimum absolute atomic E-state index is 0.593. The van der Waals surface area contributed by atoms with Crippen molar-refractivity contribution < 1.29 is 0 Å². The van der Waals surface area contributed by atoms with Gasteiger partial charge in [0, 0.05) is 26.3 Å². The van der Waals surface area contributed by atoms with Crippen LogP contribution < -0.4 is 16.5 Å². The highest BCUT2D eigenvalue weighted by atomic mass is 15.5. The molecule has 0 fully saturated rings. The average Bonchev–Trinajstić information content (AvgIpc) is 2.18. The second-order valence-corrected chi connectivity index (χ2v) is 3.31. The molecule has 0 saturated carbocycles. The second kappa shape index (κ2) is 5.59. The fourth-order valence-corrected chi connectivity index (χ4v) is 1.06. The molecule has 1 aromatic rings. The van der Waals surface area contributed by atoms with Crippen LogP contribution in [-0.4, -0.2) is 25.8 Å². The molecule has 0 atom stereocenters. The maximum atomic E-state index is 5.50. The van der Waals surface area contributed by atoms with E-state index in [0.29, 0.717) is 6.54 Å². The number of nitrogens with zero attached hydrogens (tertiary/aromatic N) is 1. The van der Waals surface area contributed by atoms with E-state index in [-0.39, 0.29) is 0 Å². The standard InChI is InChI=1S/C10H18N4/c1-14(2)13-8-12-10-5-3-9(7-11)4-6-10/h3-6,12-13H,7-8,11H2,1-2H3. The minimum atomic E-state index is 0.593. The fraction of sp³-hybridized carbons (Fsp3) is 0.400. The van der Waals surface area contributed by atoms with Gasteiger partial charge in [0.25, 0.3) is 0 Å². The summed E-state index contributed by atoms with van der Waals surface area (Å²) in [5.74, 6) is 0. The van der Waals surface area contributed by atoms with Crippen molar-refractivity contribution in [1.82, 2.24) is 10.4 Å². The van der Waals surface area contributed by atoms with Gasteiger partial charge < -0.3 is 11.1 Å². The molecule has 4 N–H and O–H groups in total. The van der Waals surface area contributed by atoms with Gasteiger partial charge in [-0.2, -0.15) is 0 Å². The second-order valence-electron chi connectivity index (χ2n) is 3.31. The Balaban J connectivity index is 2.36. The van der Waals surface area contributed by atoms with Gasteiger partial charge in [-0.1, -0.05) is 12.1 Å². The van der Waals surface area contributed by atoms with Crippen LogP contribution in [0.1, 0.15) is 5.56 Å². The zero-order valence-corrected chi connectivity index (χ0v) is 8.75. The van der Waals surface area contributed by atoms with Gasteiger partial charge in [-0.05, 0) is 17.7 Å². The topological polar surface area (TPSA) is 53.3 Å². The molecule has 1 aromatic carbocycles. The van der Waals surface area contributed by atoms with Crippen LogP contribution in [0, 0.1) is 0 Å². The maximum absolute atomic E-state index is 5.50. The summed E-state index contributed by atoms with van der Waals surface area (Å²) >= 11 is 0. The van der Waals surface area contributed by atoms with Crippen molar-refractivity contribution in [2.75, 3.05) is 26.1 Å². The number of nitrogens with one attached hydrogen (secondary N) is 2. The molecule has 0 amide bonds. The predicted molar refractivity (Wildman–Crippen MR) is 59.6 cm³/mol. The third kappa shape index (κ3) is 3.74. The van der Waals surface area contributed by atoms with Gasteiger partial charge >= 0.3 is 0 Å². The van der Waals surface area contributed by atoms with Crippen LogP contribution in [0.25, 0.3) is 0 Å². The van der Waals surface area contributed by atoms with Crippen molar-refractivity contribution in [3.63, 3.8) is 0 Å². The van der Waals surface area contributed by atoms with Gasteiger partial charge in [-0.15, -0.1) is 0 Å². The summed E-state index contributed by atoms with van der Waals surface area (Å²) in [7, 11) is 3.92. The van der Waals surface area contributed by atoms with E-state index in [4.69, 9.17) is 5.73 Å². The zero-order chi connectivity index (χ0) is 10.4. The van der Waals surface area contributed by atoms with Gasteiger partial charge in [-0.3, -0.25) is 0 Å². The van der Waals surface area contributed by atoms with E-state index >= 15 is 0 Å². The lowest BCUT2D eigenvalue weighted by atomic mass is 10.2. The Hall–Kier alpha value is -1.10. The minimum Gasteiger partial charge on any atom is -0.371 e. The van der Waals surface area contributed by atoms with E-state index in [2.05, 4.69) is 10.7 Å². The first-order valence-electron chi connectivity index (χ1n) is 4.66. The molecule has 0 unspecified atom stereocenters. The number of anilines is 1. The first-order valence-corrected chi connectivity index (χ1v) is 4.66. The predicted octanol–water partition coefficient (Wildman–Crippen LogP) is 0.581. The number of hydrogen-bond donors (Lipinski definition) is 3. The van der Waals surface area contributed by atoms with Crippen LogP contribution in [0.15, 0.2) is 24.3 Å². The van der Waals surface area contributed by atoms with Crippen molar-refractivity contribution in [3.8, 4) is 0 Å². The zero-order valence-electron chi connectivity index (χ0n) is 8.75. The normalized spacial score (nSPS) is 10.6. The molecule has 0 aliphatic rings. The molecule has 0 aromatic heterocycles. The molecule has 0 spiro atoms. The summed E-state index contributed by atoms with van der Waals surface area (Å²) in [5.41, 5.74) is 10.9. The molecule has 0 bridgehead atoms. The summed E-state index contributed by atoms with van der Waals surface area (Å²) in [6.45, 7) is 1.31. The summed E-state index contributed by atoms with van der Waals surface area (Å²) in [6, 6.07) is 8.11. The van der Waals surface area contributed by atoms with E-state index in [1.165, 1.54) is 0 Å². The molecular formula is C10H18N4. The van der Waals surface area contributed by atoms with E-state index in [1.807, 2.05) is 43.4 Å². The Bertz CT molecular complexity index is 255. The molecule has 1 rings (SSSR count). The molecule has 4 nitrogen and oxygen atoms in total. The lowest BCUT2D eigenvalue weighted by molar-refractivity contribution is 0.301. The maximum Gasteiger partial charge on any atom is 0.0785 e. The number of rotatable bonds is 5. The van der Waals surface area contributed by atoms with Crippen molar-refractivity contribution in [3.05, 3.63) is 29.8 Å². The Kier molecular flexibility index (Phi) is 4.39. The first kappa shape index (κ1) is 11.0. The van der Waals surface area contributed by atoms with Crippen molar-refractivity contribution >= 4 is 5.69 Å². The SMILES string of the molecule is CN(C)NCNc1ccc(CN)cc1. The lowest BCUT2D eigenvalue weighted by Crippen LogP contribution is -2.34. The van der Waals surface area contributed by atoms with Gasteiger partial charge in [0.2, 0.25) is 0 Å². The van der Waals surface area contributed by atoms with Crippen LogP contribution in [0.2, 0.25) is 0 Å². The first-order chi connectivity index (χ1) is 6.72. The third-order valence-electron chi connectivity index (χ3n) is 1.88. The Morgan fingerprint density at radius 2 is 1.86 bits per heavy atom. The Morgan fingerprint density at radius 3 is 2.36 bits per heavy atom. The highest BCUT2D eigenvalue weighted by molar-refractivity contribution is 5.44. The molecular weight excluding hydrogens is 176 g/mol. The Morgan fingerprint density at radius 1 is 1.21 bits per heavy atom. The van der Waals surface area contributed by atoms with Crippen molar-refractivity contribution in [1.29, 1.82) is 0 Å². The largest absolute Gasteiger partial charge is 0.371 e. The van der Waals surface area contributed by atoms with Gasteiger partial charge in [0.15, 0.2) is 0 Å². The van der Waals surface area contributed by atoms with E-state index in [9.17, 15) is 0 Å². The average molecular weight is 194 g/mol. The molecule has 0 aliphatic heterocycles. The van der Waals surface area contributed by atoms with E-state index < -0.39 is 0 Å². The van der Waals surface area contributed by atoms with Crippen LogP contribution >= 0.6 is 0 Å². The summed E-state index contributed by atoms with van der Waals surface area (Å²) in [5, 5.41) is 5.14. The van der Waals surface area contributed by atoms with Gasteiger partial charge in [0.05, 0.1) is 6.67 Å². The molecule has 0 heterocycles. The number of nitrogens with two attached hydrogens (primary N) is 1. The fourth-order valence-electron chi connectivity index (χ4n) is 1.06. The number of hydrazine groups is 1. The quantitative estimate of drug-likeness (QED) is 0.474. The molecule has 78 valence electrons. The van der Waals surface area contributed by atoms with Gasteiger partial charge in [0.1, 0.15) is 0 Å². The highest BCUT2D eigenvalue weighted by Gasteiger charge is 1.92. The molecule has 0 saturated heterocycles. The van der Waals surface area contributed by atoms with Crippen LogP contribution in [0.4, 0.5) is 5.69 Å². The third-order valence-corrected chi connectivity index (χ3v) is 1.88. The summed E-state index contributed by atoms with van der Waals surface area (Å²) in [6.07, 6.45) is 0. The molecule has 0 aliphatic carbocycles. The summed E-state index contributed by atoms with van der Waals surface area (Å²) < 4.78 is 0. The highest BCUT2D eigenvalue weighted by Crippen LogP contribution is 2.07. The molecule has 4 heteroatoms. The monoisotopic (exact) mass is 194 g/mol. The van der Waals surface area contributed by atoms with E-state index in [0.717, 1.165) is 17.9 Å². The van der Waals surface area contributed by atoms with Crippen LogP contribution in [0.3, 0.4) is 0 Å². The molecule has 14 heavy (non-hydrogen) atoms. The number of benzene rings is 1.